The Morgan fingerprint density at radius 2 is 1.93 bits per heavy atom. The minimum atomic E-state index is -0.795. The quantitative estimate of drug-likeness (QED) is 0.163. The number of ketones is 1. The second-order valence-electron chi connectivity index (χ2n) is 9.74. The van der Waals surface area contributed by atoms with Gasteiger partial charge >= 0.3 is 0 Å². The largest absolute Gasteiger partial charge is 0.497 e. The van der Waals surface area contributed by atoms with E-state index in [0.29, 0.717) is 45.1 Å². The topological polar surface area (TPSA) is 127 Å². The van der Waals surface area contributed by atoms with Gasteiger partial charge in [0.05, 0.1) is 53.9 Å². The third-order valence-electron chi connectivity index (χ3n) is 7.11. The zero-order valence-electron chi connectivity index (χ0n) is 22.9. The molecule has 1 aliphatic rings. The third-order valence-corrected chi connectivity index (χ3v) is 7.11. The molecule has 1 aliphatic heterocycles. The van der Waals surface area contributed by atoms with Crippen molar-refractivity contribution in [2.75, 3.05) is 37.7 Å². The van der Waals surface area contributed by atoms with Gasteiger partial charge in [0.1, 0.15) is 11.5 Å². The zero-order chi connectivity index (χ0) is 29.2. The summed E-state index contributed by atoms with van der Waals surface area (Å²) < 4.78 is 23.5. The summed E-state index contributed by atoms with van der Waals surface area (Å²) in [6.07, 6.45) is 7.30. The first-order valence-corrected chi connectivity index (χ1v) is 13.5. The molecule has 0 saturated carbocycles. The molecule has 6 rings (SSSR count). The van der Waals surface area contributed by atoms with Crippen molar-refractivity contribution in [2.24, 2.45) is 0 Å². The average molecular weight is 570 g/mol. The van der Waals surface area contributed by atoms with Gasteiger partial charge in [0.25, 0.3) is 11.7 Å². The molecule has 0 spiro atoms. The number of fused-ring (bicyclic) bond motifs is 1. The Hall–Kier alpha value is -5.33. The summed E-state index contributed by atoms with van der Waals surface area (Å²) in [5, 5.41) is 12.4. The number of hydrogen-bond donors (Lipinski definition) is 1. The number of nitrogens with one attached hydrogen (secondary N) is 1. The molecule has 0 aliphatic carbocycles. The van der Waals surface area contributed by atoms with Crippen molar-refractivity contribution in [1.82, 2.24) is 39.6 Å². The molecular weight excluding hydrogens is 541 g/mol. The number of pyridine rings is 1. The Kier molecular flexibility index (Phi) is 7.21. The van der Waals surface area contributed by atoms with Crippen LogP contribution in [-0.2, 0) is 16.1 Å². The van der Waals surface area contributed by atoms with Gasteiger partial charge in [0.2, 0.25) is 0 Å². The van der Waals surface area contributed by atoms with Crippen molar-refractivity contribution in [2.45, 2.75) is 13.5 Å². The van der Waals surface area contributed by atoms with E-state index in [4.69, 9.17) is 9.84 Å². The van der Waals surface area contributed by atoms with E-state index < -0.39 is 17.5 Å². The lowest BCUT2D eigenvalue weighted by Gasteiger charge is -2.35. The van der Waals surface area contributed by atoms with E-state index in [1.807, 2.05) is 43.5 Å². The molecule has 1 N–H and O–H groups in total. The average Bonchev–Trinajstić information content (AvgIpc) is 3.78. The fourth-order valence-electron chi connectivity index (χ4n) is 5.13. The molecule has 1 saturated heterocycles. The Morgan fingerprint density at radius 3 is 2.64 bits per heavy atom. The maximum atomic E-state index is 14.9. The molecule has 0 atom stereocenters. The van der Waals surface area contributed by atoms with Crippen molar-refractivity contribution < 1.29 is 18.7 Å². The monoisotopic (exact) mass is 569 g/mol. The molecule has 42 heavy (non-hydrogen) atoms. The van der Waals surface area contributed by atoms with E-state index in [1.165, 1.54) is 22.0 Å². The van der Waals surface area contributed by atoms with Crippen molar-refractivity contribution in [3.05, 3.63) is 85.0 Å². The first kappa shape index (κ1) is 26.9. The van der Waals surface area contributed by atoms with Crippen LogP contribution in [0.3, 0.4) is 0 Å². The van der Waals surface area contributed by atoms with Gasteiger partial charge in [-0.1, -0.05) is 42.1 Å². The maximum absolute atomic E-state index is 14.9. The number of halogens is 1. The molecule has 13 heteroatoms. The summed E-state index contributed by atoms with van der Waals surface area (Å²) in [5.74, 6) is -1.33. The van der Waals surface area contributed by atoms with E-state index in [2.05, 4.69) is 31.8 Å². The lowest BCUT2D eigenvalue weighted by atomic mass is 10.1. The van der Waals surface area contributed by atoms with Gasteiger partial charge in [-0.25, -0.2) is 14.1 Å². The molecule has 0 bridgehead atoms. The predicted octanol–water partition coefficient (Wildman–Crippen LogP) is 3.23. The number of hydrogen-bond acceptors (Lipinski definition) is 8. The molecular formula is C29H28FN9O3. The van der Waals surface area contributed by atoms with Gasteiger partial charge in [0.15, 0.2) is 11.6 Å². The SMILES string of the molecule is C=C(Cn1cc(N2CCN(C(=O)C(=O)c3c[nH]c4c(-n5ccnn5)ncc(F)c34)CC2)c(-c2ccccc2)n1)OCC. The van der Waals surface area contributed by atoms with Crippen LogP contribution < -0.4 is 4.90 Å². The van der Waals surface area contributed by atoms with E-state index in [1.54, 1.807) is 10.9 Å². The van der Waals surface area contributed by atoms with E-state index in [9.17, 15) is 14.0 Å². The van der Waals surface area contributed by atoms with Gasteiger partial charge in [-0.2, -0.15) is 5.10 Å². The minimum Gasteiger partial charge on any atom is -0.497 e. The first-order chi connectivity index (χ1) is 20.4. The van der Waals surface area contributed by atoms with Crippen LogP contribution in [0.4, 0.5) is 10.1 Å². The van der Waals surface area contributed by atoms with Crippen molar-refractivity contribution in [1.29, 1.82) is 0 Å². The Bertz CT molecular complexity index is 1750. The number of H-pyrrole nitrogens is 1. The second kappa shape index (κ2) is 11.3. The van der Waals surface area contributed by atoms with E-state index in [0.717, 1.165) is 23.1 Å². The van der Waals surface area contributed by atoms with Crippen molar-refractivity contribution >= 4 is 28.3 Å². The standard InChI is InChI=1S/C29H28FN9O3/c1-3-42-19(2)17-38-18-23(25(34-38)20-7-5-4-6-8-20)36-11-13-37(14-12-36)29(41)27(40)21-15-31-26-24(21)22(30)16-32-28(26)39-10-9-33-35-39/h4-10,15-16,18,31H,2-3,11-14,17H2,1H3. The highest BCUT2D eigenvalue weighted by molar-refractivity contribution is 6.45. The molecule has 5 heterocycles. The van der Waals surface area contributed by atoms with Crippen LogP contribution in [0.5, 0.6) is 0 Å². The minimum absolute atomic E-state index is 0.0129. The fourth-order valence-corrected chi connectivity index (χ4v) is 5.13. The Balaban J connectivity index is 1.20. The van der Waals surface area contributed by atoms with Crippen molar-refractivity contribution in [3.63, 3.8) is 0 Å². The van der Waals surface area contributed by atoms with Gasteiger partial charge in [-0.3, -0.25) is 14.3 Å². The summed E-state index contributed by atoms with van der Waals surface area (Å²) >= 11 is 0. The number of carbonyl (C=O) groups is 2. The second-order valence-corrected chi connectivity index (χ2v) is 9.74. The highest BCUT2D eigenvalue weighted by atomic mass is 19.1. The molecule has 4 aromatic heterocycles. The maximum Gasteiger partial charge on any atom is 0.295 e. The number of piperazine rings is 1. The Labute approximate surface area is 240 Å². The van der Waals surface area contributed by atoms with Crippen molar-refractivity contribution in [3.8, 4) is 17.1 Å². The molecule has 214 valence electrons. The number of aromatic amines is 1. The van der Waals surface area contributed by atoms with Crippen LogP contribution in [0.15, 0.2) is 73.7 Å². The van der Waals surface area contributed by atoms with E-state index in [-0.39, 0.29) is 22.3 Å². The lowest BCUT2D eigenvalue weighted by Crippen LogP contribution is -2.50. The highest BCUT2D eigenvalue weighted by Crippen LogP contribution is 2.31. The fraction of sp³-hybridized carbons (Fsp3) is 0.241. The van der Waals surface area contributed by atoms with Crippen LogP contribution in [0.25, 0.3) is 28.0 Å². The number of amides is 1. The smallest absolute Gasteiger partial charge is 0.295 e. The normalized spacial score (nSPS) is 13.5. The number of Topliss-reactive ketones (excluding diaryl/α,β-unsaturated/α-hetero) is 1. The number of rotatable bonds is 9. The number of ether oxygens (including phenoxy) is 1. The molecule has 1 fully saturated rings. The number of carbonyl (C=O) groups excluding carboxylic acids is 2. The lowest BCUT2D eigenvalue weighted by molar-refractivity contribution is -0.126. The molecule has 5 aromatic rings. The molecule has 1 aromatic carbocycles. The molecule has 1 amide bonds. The van der Waals surface area contributed by atoms with Crippen LogP contribution in [-0.4, -0.2) is 84.1 Å². The number of anilines is 1. The van der Waals surface area contributed by atoms with Gasteiger partial charge in [-0.05, 0) is 6.92 Å². The summed E-state index contributed by atoms with van der Waals surface area (Å²) in [6.45, 7) is 8.40. The summed E-state index contributed by atoms with van der Waals surface area (Å²) in [6, 6.07) is 9.85. The number of nitrogens with zero attached hydrogens (tertiary/aromatic N) is 8. The summed E-state index contributed by atoms with van der Waals surface area (Å²) in [7, 11) is 0. The van der Waals surface area contributed by atoms with Crippen LogP contribution in [0, 0.1) is 5.82 Å². The van der Waals surface area contributed by atoms with Gasteiger partial charge < -0.3 is 19.5 Å². The molecule has 12 nitrogen and oxygen atoms in total. The number of benzene rings is 1. The van der Waals surface area contributed by atoms with Gasteiger partial charge in [-0.15, -0.1) is 5.10 Å². The van der Waals surface area contributed by atoms with E-state index >= 15 is 0 Å². The van der Waals surface area contributed by atoms with Gasteiger partial charge in [0, 0.05) is 44.1 Å². The first-order valence-electron chi connectivity index (χ1n) is 13.5. The Morgan fingerprint density at radius 1 is 1.14 bits per heavy atom. The predicted molar refractivity (Wildman–Crippen MR) is 153 cm³/mol. The van der Waals surface area contributed by atoms with Crippen LogP contribution in [0.1, 0.15) is 17.3 Å². The third kappa shape index (κ3) is 5.00. The highest BCUT2D eigenvalue weighted by Gasteiger charge is 2.31. The molecule has 0 unspecified atom stereocenters. The van der Waals surface area contributed by atoms with Crippen LogP contribution >= 0.6 is 0 Å². The van der Waals surface area contributed by atoms with Crippen LogP contribution in [0.2, 0.25) is 0 Å². The summed E-state index contributed by atoms with van der Waals surface area (Å²) in [4.78, 5) is 37.3. The number of aromatic nitrogens is 7. The zero-order valence-corrected chi connectivity index (χ0v) is 22.9. The summed E-state index contributed by atoms with van der Waals surface area (Å²) in [5.41, 5.74) is 2.88. The molecule has 0 radical (unpaired) electrons. The number of allylic oxidation sites excluding steroid dienone is 1.